The van der Waals surface area contributed by atoms with Crippen LogP contribution in [0.15, 0.2) is 48.2 Å². The van der Waals surface area contributed by atoms with Gasteiger partial charge < -0.3 is 15.7 Å². The molecule has 0 spiro atoms. The Morgan fingerprint density at radius 1 is 1.27 bits per heavy atom. The van der Waals surface area contributed by atoms with Crippen molar-refractivity contribution in [3.05, 3.63) is 69.4 Å². The number of non-ortho nitro benzene ring substituents is 1. The van der Waals surface area contributed by atoms with Crippen LogP contribution in [0.4, 0.5) is 16.2 Å². The molecule has 0 aromatic heterocycles. The number of amides is 4. The average molecular weight is 410 g/mol. The van der Waals surface area contributed by atoms with Crippen molar-refractivity contribution in [1.82, 2.24) is 10.2 Å². The second kappa shape index (κ2) is 8.43. The van der Waals surface area contributed by atoms with Crippen LogP contribution < -0.4 is 10.6 Å². The Morgan fingerprint density at radius 2 is 2.00 bits per heavy atom. The van der Waals surface area contributed by atoms with Gasteiger partial charge in [-0.1, -0.05) is 25.1 Å². The Hall–Kier alpha value is -4.21. The minimum absolute atomic E-state index is 0.0176. The first-order chi connectivity index (χ1) is 14.3. The quantitative estimate of drug-likeness (QED) is 0.289. The fraction of sp³-hybridized carbons (Fsp3) is 0.150. The van der Waals surface area contributed by atoms with Crippen molar-refractivity contribution in [3.8, 4) is 5.75 Å². The molecule has 1 aliphatic rings. The Labute approximate surface area is 171 Å². The van der Waals surface area contributed by atoms with Gasteiger partial charge in [-0.05, 0) is 30.2 Å². The van der Waals surface area contributed by atoms with Crippen LogP contribution in [-0.2, 0) is 16.0 Å². The molecule has 4 amide bonds. The average Bonchev–Trinajstić information content (AvgIpc) is 2.97. The van der Waals surface area contributed by atoms with Crippen molar-refractivity contribution in [3.63, 3.8) is 0 Å². The molecule has 0 radical (unpaired) electrons. The van der Waals surface area contributed by atoms with E-state index in [0.717, 1.165) is 29.8 Å². The molecule has 0 unspecified atom stereocenters. The molecule has 30 heavy (non-hydrogen) atoms. The third-order valence-electron chi connectivity index (χ3n) is 4.46. The lowest BCUT2D eigenvalue weighted by atomic mass is 10.1. The number of urea groups is 1. The van der Waals surface area contributed by atoms with E-state index in [-0.39, 0.29) is 22.7 Å². The molecule has 0 saturated carbocycles. The van der Waals surface area contributed by atoms with Crippen molar-refractivity contribution in [2.75, 3.05) is 11.9 Å². The zero-order valence-electron chi connectivity index (χ0n) is 15.9. The van der Waals surface area contributed by atoms with E-state index >= 15 is 0 Å². The highest BCUT2D eigenvalue weighted by atomic mass is 16.6. The minimum atomic E-state index is -0.810. The molecule has 2 aromatic carbocycles. The first-order valence-electron chi connectivity index (χ1n) is 9.00. The van der Waals surface area contributed by atoms with E-state index < -0.39 is 29.3 Å². The maximum Gasteiger partial charge on any atom is 0.329 e. The van der Waals surface area contributed by atoms with Gasteiger partial charge in [0.1, 0.15) is 18.0 Å². The van der Waals surface area contributed by atoms with Crippen LogP contribution in [0, 0.1) is 10.1 Å². The van der Waals surface area contributed by atoms with Crippen molar-refractivity contribution in [1.29, 1.82) is 0 Å². The number of carbonyl (C=O) groups excluding carboxylic acids is 3. The number of phenols is 1. The number of nitro groups is 1. The van der Waals surface area contributed by atoms with E-state index in [4.69, 9.17) is 0 Å². The minimum Gasteiger partial charge on any atom is -0.507 e. The third-order valence-corrected chi connectivity index (χ3v) is 4.46. The summed E-state index contributed by atoms with van der Waals surface area (Å²) in [5.41, 5.74) is 0.981. The highest BCUT2D eigenvalue weighted by molar-refractivity contribution is 6.16. The van der Waals surface area contributed by atoms with E-state index in [2.05, 4.69) is 10.6 Å². The number of carbonyl (C=O) groups is 3. The number of imide groups is 1. The molecular formula is C20H18N4O6. The van der Waals surface area contributed by atoms with Crippen LogP contribution in [0.1, 0.15) is 18.1 Å². The fourth-order valence-corrected chi connectivity index (χ4v) is 2.93. The van der Waals surface area contributed by atoms with Gasteiger partial charge >= 0.3 is 6.03 Å². The van der Waals surface area contributed by atoms with Crippen molar-refractivity contribution >= 4 is 35.3 Å². The number of anilines is 1. The second-order valence-electron chi connectivity index (χ2n) is 6.44. The normalized spacial score (nSPS) is 14.7. The number of rotatable bonds is 6. The number of para-hydroxylation sites is 1. The largest absolute Gasteiger partial charge is 0.507 e. The molecule has 3 N–H and O–H groups in total. The molecule has 1 aliphatic heterocycles. The molecular weight excluding hydrogens is 392 g/mol. The molecule has 3 rings (SSSR count). The molecule has 0 atom stereocenters. The number of nitro benzene ring substituents is 1. The van der Waals surface area contributed by atoms with Gasteiger partial charge in [0.05, 0.1) is 4.92 Å². The van der Waals surface area contributed by atoms with Gasteiger partial charge in [0.25, 0.3) is 11.6 Å². The standard InChI is InChI=1S/C20H18N4O6/c1-2-12-5-3-4-6-15(12)21-18(26)11-23-19(27)16(22-20(23)28)10-13-9-14(24(29)30)7-8-17(13)25/h3-10,25H,2,11H2,1H3,(H,21,26)(H,22,28)/b16-10+. The van der Waals surface area contributed by atoms with Gasteiger partial charge in [-0.25, -0.2) is 9.69 Å². The molecule has 1 fully saturated rings. The summed E-state index contributed by atoms with van der Waals surface area (Å²) < 4.78 is 0. The number of aromatic hydroxyl groups is 1. The summed E-state index contributed by atoms with van der Waals surface area (Å²) in [4.78, 5) is 48.0. The lowest BCUT2D eigenvalue weighted by molar-refractivity contribution is -0.384. The number of nitrogens with zero attached hydrogens (tertiary/aromatic N) is 2. The van der Waals surface area contributed by atoms with Crippen LogP contribution >= 0.6 is 0 Å². The summed E-state index contributed by atoms with van der Waals surface area (Å²) in [6.45, 7) is 1.42. The van der Waals surface area contributed by atoms with Gasteiger partial charge in [0.2, 0.25) is 5.91 Å². The lowest BCUT2D eigenvalue weighted by Crippen LogP contribution is -2.38. The van der Waals surface area contributed by atoms with E-state index in [9.17, 15) is 29.6 Å². The summed E-state index contributed by atoms with van der Waals surface area (Å²) in [7, 11) is 0. The predicted molar refractivity (Wildman–Crippen MR) is 107 cm³/mol. The number of phenolic OH excluding ortho intramolecular Hbond substituents is 1. The maximum atomic E-state index is 12.5. The summed E-state index contributed by atoms with van der Waals surface area (Å²) in [5.74, 6) is -1.65. The number of nitrogens with one attached hydrogen (secondary N) is 2. The summed E-state index contributed by atoms with van der Waals surface area (Å²) in [6, 6.07) is 9.66. The Bertz CT molecular complexity index is 1080. The van der Waals surface area contributed by atoms with E-state index in [1.165, 1.54) is 0 Å². The van der Waals surface area contributed by atoms with Crippen molar-refractivity contribution in [2.24, 2.45) is 0 Å². The van der Waals surface area contributed by atoms with Crippen LogP contribution in [-0.4, -0.2) is 39.3 Å². The number of benzene rings is 2. The van der Waals surface area contributed by atoms with Crippen molar-refractivity contribution in [2.45, 2.75) is 13.3 Å². The highest BCUT2D eigenvalue weighted by Crippen LogP contribution is 2.26. The highest BCUT2D eigenvalue weighted by Gasteiger charge is 2.35. The molecule has 1 heterocycles. The molecule has 10 heteroatoms. The summed E-state index contributed by atoms with van der Waals surface area (Å²) >= 11 is 0. The summed E-state index contributed by atoms with van der Waals surface area (Å²) in [5, 5.41) is 25.8. The number of hydrogen-bond donors (Lipinski definition) is 3. The van der Waals surface area contributed by atoms with E-state index in [1.54, 1.807) is 12.1 Å². The predicted octanol–water partition coefficient (Wildman–Crippen LogP) is 2.39. The molecule has 0 bridgehead atoms. The zero-order valence-corrected chi connectivity index (χ0v) is 15.9. The smallest absolute Gasteiger partial charge is 0.329 e. The van der Waals surface area contributed by atoms with E-state index in [0.29, 0.717) is 17.0 Å². The Balaban J connectivity index is 1.76. The molecule has 0 aliphatic carbocycles. The zero-order chi connectivity index (χ0) is 21.8. The molecule has 154 valence electrons. The van der Waals surface area contributed by atoms with Crippen molar-refractivity contribution < 1.29 is 24.4 Å². The van der Waals surface area contributed by atoms with Gasteiger partial charge in [-0.15, -0.1) is 0 Å². The lowest BCUT2D eigenvalue weighted by Gasteiger charge is -2.13. The van der Waals surface area contributed by atoms with Crippen LogP contribution in [0.5, 0.6) is 5.75 Å². The topological polar surface area (TPSA) is 142 Å². The number of hydrogen-bond acceptors (Lipinski definition) is 6. The van der Waals surface area contributed by atoms with Crippen LogP contribution in [0.3, 0.4) is 0 Å². The van der Waals surface area contributed by atoms with Gasteiger partial charge in [0, 0.05) is 23.4 Å². The fourth-order valence-electron chi connectivity index (χ4n) is 2.93. The SMILES string of the molecule is CCc1ccccc1NC(=O)CN1C(=O)N/C(=C/c2cc([N+](=O)[O-])ccc2O)C1=O. The summed E-state index contributed by atoms with van der Waals surface area (Å²) in [6.07, 6.45) is 1.81. The van der Waals surface area contributed by atoms with Gasteiger partial charge in [-0.3, -0.25) is 19.7 Å². The third kappa shape index (κ3) is 4.27. The maximum absolute atomic E-state index is 12.5. The van der Waals surface area contributed by atoms with Gasteiger partial charge in [-0.2, -0.15) is 0 Å². The molecule has 1 saturated heterocycles. The van der Waals surface area contributed by atoms with Gasteiger partial charge in [0.15, 0.2) is 0 Å². The Kier molecular flexibility index (Phi) is 5.77. The van der Waals surface area contributed by atoms with Crippen LogP contribution in [0.25, 0.3) is 6.08 Å². The monoisotopic (exact) mass is 410 g/mol. The van der Waals surface area contributed by atoms with Crippen LogP contribution in [0.2, 0.25) is 0 Å². The molecule has 10 nitrogen and oxygen atoms in total. The second-order valence-corrected chi connectivity index (χ2v) is 6.44. The Morgan fingerprint density at radius 3 is 2.70 bits per heavy atom. The number of aryl methyl sites for hydroxylation is 1. The first kappa shape index (κ1) is 20.5. The first-order valence-corrected chi connectivity index (χ1v) is 9.00. The molecule has 2 aromatic rings. The van der Waals surface area contributed by atoms with E-state index in [1.807, 2.05) is 19.1 Å².